The summed E-state index contributed by atoms with van der Waals surface area (Å²) in [6, 6.07) is 0. The van der Waals surface area contributed by atoms with Crippen LogP contribution in [0.25, 0.3) is 0 Å². The molecule has 0 heterocycles. The second-order valence-corrected chi connectivity index (χ2v) is 12.9. The maximum absolute atomic E-state index is 2.37. The maximum Gasteiger partial charge on any atom is 0.00749 e. The Hall–Kier alpha value is -3.12. The molecule has 0 nitrogen and oxygen atoms in total. The fourth-order valence-electron chi connectivity index (χ4n) is 5.42. The molecule has 0 heteroatoms. The van der Waals surface area contributed by atoms with Gasteiger partial charge in [-0.1, -0.05) is 158 Å². The average Bonchev–Trinajstić information content (AvgIpc) is 2.85. The van der Waals surface area contributed by atoms with Gasteiger partial charge in [-0.25, -0.2) is 0 Å². The van der Waals surface area contributed by atoms with Gasteiger partial charge >= 0.3 is 0 Å². The number of hydrogen-bond acceptors (Lipinski definition) is 0. The van der Waals surface area contributed by atoms with E-state index in [1.54, 1.807) is 5.57 Å². The number of rotatable bonds is 10. The lowest BCUT2D eigenvalue weighted by Crippen LogP contribution is -2.19. The van der Waals surface area contributed by atoms with E-state index in [9.17, 15) is 0 Å². The minimum atomic E-state index is 0.111. The van der Waals surface area contributed by atoms with Crippen LogP contribution in [-0.4, -0.2) is 0 Å². The second-order valence-electron chi connectivity index (χ2n) is 12.9. The van der Waals surface area contributed by atoms with Crippen molar-refractivity contribution in [3.8, 4) is 0 Å². The molecular weight excluding hydrogens is 480 g/mol. The van der Waals surface area contributed by atoms with E-state index in [1.807, 2.05) is 0 Å². The van der Waals surface area contributed by atoms with Crippen LogP contribution in [0.15, 0.2) is 142 Å². The maximum atomic E-state index is 2.37. The Labute approximate surface area is 247 Å². The van der Waals surface area contributed by atoms with Crippen LogP contribution >= 0.6 is 0 Å². The molecule has 214 valence electrons. The number of allylic oxidation sites excluding steroid dienone is 24. The van der Waals surface area contributed by atoms with E-state index in [2.05, 4.69) is 166 Å². The topological polar surface area (TPSA) is 0 Å². The molecule has 0 fully saturated rings. The standard InChI is InChI=1S/C40H54/c1-31(19-13-21-33(3)25-27-37-35(5)23-15-29-39(37,7)8)17-11-12-18-32(2)20-14-22-34(4)26-28-38-36(6)24-16-30-40(38,9)10/h11-15,17-22,25-29H,16,23-24,30H2,1-10H3/b12-11+,19-13+,20-14+,27-25+,28-26+,31-17-,32-18+,33-21+,34-22+. The average molecular weight is 535 g/mol. The van der Waals surface area contributed by atoms with E-state index in [0.29, 0.717) is 0 Å². The summed E-state index contributed by atoms with van der Waals surface area (Å²) >= 11 is 0. The van der Waals surface area contributed by atoms with Crippen LogP contribution in [0.5, 0.6) is 0 Å². The summed E-state index contributed by atoms with van der Waals surface area (Å²) < 4.78 is 0. The summed E-state index contributed by atoms with van der Waals surface area (Å²) in [5.41, 5.74) is 11.3. The lowest BCUT2D eigenvalue weighted by atomic mass is 9.72. The quantitative estimate of drug-likeness (QED) is 0.193. The summed E-state index contributed by atoms with van der Waals surface area (Å²) in [6.07, 6.45) is 40.1. The van der Waals surface area contributed by atoms with E-state index in [0.717, 1.165) is 6.42 Å². The van der Waals surface area contributed by atoms with Gasteiger partial charge in [0.05, 0.1) is 0 Å². The predicted molar refractivity (Wildman–Crippen MR) is 181 cm³/mol. The van der Waals surface area contributed by atoms with Gasteiger partial charge in [0.15, 0.2) is 0 Å². The molecule has 0 bridgehead atoms. The van der Waals surface area contributed by atoms with Gasteiger partial charge in [0.2, 0.25) is 0 Å². The van der Waals surface area contributed by atoms with Gasteiger partial charge in [-0.05, 0) is 83.8 Å². The van der Waals surface area contributed by atoms with Crippen LogP contribution in [0.1, 0.15) is 94.9 Å². The van der Waals surface area contributed by atoms with Gasteiger partial charge < -0.3 is 0 Å². The molecular formula is C40H54. The van der Waals surface area contributed by atoms with Crippen molar-refractivity contribution in [3.05, 3.63) is 142 Å². The first-order valence-corrected chi connectivity index (χ1v) is 15.0. The minimum Gasteiger partial charge on any atom is -0.0836 e. The summed E-state index contributed by atoms with van der Waals surface area (Å²) in [4.78, 5) is 0. The monoisotopic (exact) mass is 534 g/mol. The minimum absolute atomic E-state index is 0.111. The number of hydrogen-bond donors (Lipinski definition) is 0. The molecule has 0 atom stereocenters. The predicted octanol–water partition coefficient (Wildman–Crippen LogP) is 12.4. The summed E-state index contributed by atoms with van der Waals surface area (Å²) in [7, 11) is 0. The molecule has 40 heavy (non-hydrogen) atoms. The zero-order chi connectivity index (χ0) is 29.8. The van der Waals surface area contributed by atoms with Crippen LogP contribution < -0.4 is 0 Å². The van der Waals surface area contributed by atoms with E-state index >= 15 is 0 Å². The van der Waals surface area contributed by atoms with Gasteiger partial charge in [-0.15, -0.1) is 0 Å². The van der Waals surface area contributed by atoms with Crippen molar-refractivity contribution in [3.63, 3.8) is 0 Å². The first kappa shape index (κ1) is 33.1. The lowest BCUT2D eigenvalue weighted by molar-refractivity contribution is 0.377. The molecule has 0 unspecified atom stereocenters. The molecule has 0 amide bonds. The van der Waals surface area contributed by atoms with Gasteiger partial charge in [0.25, 0.3) is 0 Å². The van der Waals surface area contributed by atoms with Crippen LogP contribution in [0, 0.1) is 10.8 Å². The van der Waals surface area contributed by atoms with Gasteiger partial charge in [0.1, 0.15) is 0 Å². The summed E-state index contributed by atoms with van der Waals surface area (Å²) in [5.74, 6) is 0. The highest BCUT2D eigenvalue weighted by Gasteiger charge is 2.26. The van der Waals surface area contributed by atoms with E-state index < -0.39 is 0 Å². The molecule has 2 rings (SSSR count). The van der Waals surface area contributed by atoms with E-state index in [-0.39, 0.29) is 10.8 Å². The van der Waals surface area contributed by atoms with Crippen LogP contribution in [-0.2, 0) is 0 Å². The van der Waals surface area contributed by atoms with Crippen molar-refractivity contribution < 1.29 is 0 Å². The van der Waals surface area contributed by atoms with Crippen molar-refractivity contribution >= 4 is 0 Å². The smallest absolute Gasteiger partial charge is 0.00749 e. The summed E-state index contributed by atoms with van der Waals surface area (Å²) in [6.45, 7) is 22.5. The molecule has 0 spiro atoms. The molecule has 0 aromatic rings. The van der Waals surface area contributed by atoms with E-state index in [1.165, 1.54) is 58.3 Å². The third-order valence-electron chi connectivity index (χ3n) is 7.95. The zero-order valence-electron chi connectivity index (χ0n) is 27.1. The normalized spacial score (nSPS) is 21.6. The van der Waals surface area contributed by atoms with Crippen molar-refractivity contribution in [2.75, 3.05) is 0 Å². The first-order chi connectivity index (χ1) is 18.8. The molecule has 2 aliphatic rings. The highest BCUT2D eigenvalue weighted by Crippen LogP contribution is 2.41. The Bertz CT molecular complexity index is 1190. The Kier molecular flexibility index (Phi) is 12.9. The third-order valence-corrected chi connectivity index (χ3v) is 7.95. The molecule has 0 aromatic heterocycles. The Morgan fingerprint density at radius 3 is 1.60 bits per heavy atom. The largest absolute Gasteiger partial charge is 0.0836 e. The molecule has 2 aliphatic carbocycles. The van der Waals surface area contributed by atoms with Crippen molar-refractivity contribution in [2.24, 2.45) is 10.8 Å². The van der Waals surface area contributed by atoms with Crippen molar-refractivity contribution in [1.82, 2.24) is 0 Å². The summed E-state index contributed by atoms with van der Waals surface area (Å²) in [5, 5.41) is 0. The van der Waals surface area contributed by atoms with Gasteiger partial charge in [-0.2, -0.15) is 0 Å². The zero-order valence-corrected chi connectivity index (χ0v) is 27.1. The fourth-order valence-corrected chi connectivity index (χ4v) is 5.42. The molecule has 0 aromatic carbocycles. The molecule has 0 aliphatic heterocycles. The third kappa shape index (κ3) is 11.2. The fraction of sp³-hybridized carbons (Fsp3) is 0.400. The Morgan fingerprint density at radius 1 is 0.625 bits per heavy atom. The van der Waals surface area contributed by atoms with Gasteiger partial charge in [0, 0.05) is 5.41 Å². The highest BCUT2D eigenvalue weighted by atomic mass is 14.3. The van der Waals surface area contributed by atoms with Crippen LogP contribution in [0.3, 0.4) is 0 Å². The Morgan fingerprint density at radius 2 is 1.10 bits per heavy atom. The van der Waals surface area contributed by atoms with E-state index in [4.69, 9.17) is 0 Å². The molecule has 0 saturated carbocycles. The highest BCUT2D eigenvalue weighted by molar-refractivity contribution is 5.41. The van der Waals surface area contributed by atoms with Crippen molar-refractivity contribution in [1.29, 1.82) is 0 Å². The second kappa shape index (κ2) is 15.6. The van der Waals surface area contributed by atoms with Crippen molar-refractivity contribution in [2.45, 2.75) is 94.9 Å². The first-order valence-electron chi connectivity index (χ1n) is 15.0. The van der Waals surface area contributed by atoms with Gasteiger partial charge in [-0.3, -0.25) is 0 Å². The van der Waals surface area contributed by atoms with Crippen LogP contribution in [0.4, 0.5) is 0 Å². The van der Waals surface area contributed by atoms with Crippen LogP contribution in [0.2, 0.25) is 0 Å². The Balaban J connectivity index is 1.89. The molecule has 0 N–H and O–H groups in total. The SMILES string of the molecule is CC1=C(/C=C/C(C)=C/C=C/C(C)=C\C=C\C=C(C)\C=C\C=C(C)\C=C\C2=C(C)CCCC2(C)C)C(C)(C)C=CC1. The molecule has 0 radical (unpaired) electrons. The lowest BCUT2D eigenvalue weighted by Gasteiger charge is -2.32. The molecule has 0 saturated heterocycles.